The second kappa shape index (κ2) is 11.4. The van der Waals surface area contributed by atoms with Gasteiger partial charge in [-0.3, -0.25) is 14.4 Å². The summed E-state index contributed by atoms with van der Waals surface area (Å²) in [4.78, 5) is 48.0. The molecule has 0 unspecified atom stereocenters. The fourth-order valence-electron chi connectivity index (χ4n) is 4.22. The number of phenols is 5. The molecule has 0 spiro atoms. The Hall–Kier alpha value is -5.66. The van der Waals surface area contributed by atoms with Gasteiger partial charge in [0.25, 0.3) is 0 Å². The number of phenolic OH excluding ortho intramolecular Hbond substituents is 5. The summed E-state index contributed by atoms with van der Waals surface area (Å²) in [6.07, 6.45) is -2.76. The summed E-state index contributed by atoms with van der Waals surface area (Å²) < 4.78 is 26.4. The van der Waals surface area contributed by atoms with Crippen molar-refractivity contribution in [1.29, 1.82) is 0 Å². The van der Waals surface area contributed by atoms with Crippen LogP contribution in [-0.2, 0) is 25.5 Å². The summed E-state index contributed by atoms with van der Waals surface area (Å²) in [6, 6.07) is 6.42. The first-order valence-corrected chi connectivity index (χ1v) is 12.1. The quantitative estimate of drug-likeness (QED) is 0.160. The molecule has 1 aliphatic heterocycles. The smallest absolute Gasteiger partial charge is 0.338 e. The van der Waals surface area contributed by atoms with Gasteiger partial charge in [0.2, 0.25) is 11.5 Å². The van der Waals surface area contributed by atoms with E-state index in [0.717, 1.165) is 51.1 Å². The zero-order chi connectivity index (χ0) is 30.9. The lowest BCUT2D eigenvalue weighted by molar-refractivity contribution is -0.133. The van der Waals surface area contributed by atoms with Crippen LogP contribution >= 0.6 is 0 Å². The number of aromatic hydroxyl groups is 5. The van der Waals surface area contributed by atoms with E-state index in [2.05, 4.69) is 0 Å². The molecule has 220 valence electrons. The Labute approximate surface area is 236 Å². The van der Waals surface area contributed by atoms with Gasteiger partial charge in [-0.05, 0) is 24.3 Å². The van der Waals surface area contributed by atoms with Gasteiger partial charge in [0.15, 0.2) is 29.1 Å². The van der Waals surface area contributed by atoms with E-state index in [0.29, 0.717) is 0 Å². The molecule has 0 saturated carbocycles. The van der Waals surface area contributed by atoms with Crippen molar-refractivity contribution in [2.24, 2.45) is 0 Å². The molecule has 0 aliphatic carbocycles. The van der Waals surface area contributed by atoms with Gasteiger partial charge in [0.1, 0.15) is 23.4 Å². The third-order valence-corrected chi connectivity index (χ3v) is 5.87. The second-order valence-corrected chi connectivity index (χ2v) is 9.12. The number of ether oxygens (including phenoxy) is 5. The lowest BCUT2D eigenvalue weighted by Crippen LogP contribution is -2.35. The predicted molar refractivity (Wildman–Crippen MR) is 138 cm³/mol. The number of fused-ring (bicyclic) bond motifs is 1. The van der Waals surface area contributed by atoms with Crippen LogP contribution in [0.3, 0.4) is 0 Å². The van der Waals surface area contributed by atoms with E-state index in [4.69, 9.17) is 23.7 Å². The SMILES string of the molecule is CC(=O)Oc1cc([C@H]2Oc3cc(O)cc(O)c3C[C@H]2OC(=O)c2cc(OC(C)=O)c(O)c(OC(C)=O)c2)cc(O)c1O. The summed E-state index contributed by atoms with van der Waals surface area (Å²) in [5, 5.41) is 51.2. The fraction of sp³-hybridized carbons (Fsp3) is 0.214. The van der Waals surface area contributed by atoms with Crippen LogP contribution < -0.4 is 18.9 Å². The standard InChI is InChI=1S/C28H24O14/c1-11(29)38-21-5-14(4-19(34)25(21)35)27-24(10-17-18(33)8-16(32)9-20(17)41-27)42-28(37)15-6-22(39-12(2)30)26(36)23(7-15)40-13(3)31/h4-9,24,27,32-36H,10H2,1-3H3/t24-,27-/m1/s1. The van der Waals surface area contributed by atoms with Crippen LogP contribution in [0, 0.1) is 0 Å². The minimum absolute atomic E-state index is 0.00493. The van der Waals surface area contributed by atoms with Crippen molar-refractivity contribution in [3.63, 3.8) is 0 Å². The highest BCUT2D eigenvalue weighted by Crippen LogP contribution is 2.46. The van der Waals surface area contributed by atoms with Gasteiger partial charge < -0.3 is 49.2 Å². The predicted octanol–water partition coefficient (Wildman–Crippen LogP) is 2.89. The summed E-state index contributed by atoms with van der Waals surface area (Å²) in [5.41, 5.74) is -0.120. The number of benzene rings is 3. The molecule has 1 heterocycles. The topological polar surface area (TPSA) is 216 Å². The van der Waals surface area contributed by atoms with Crippen molar-refractivity contribution in [2.75, 3.05) is 0 Å². The Bertz CT molecular complexity index is 1570. The summed E-state index contributed by atoms with van der Waals surface area (Å²) in [5.74, 6) is -7.90. The van der Waals surface area contributed by atoms with E-state index in [1.54, 1.807) is 0 Å². The van der Waals surface area contributed by atoms with Crippen LogP contribution in [0.2, 0.25) is 0 Å². The number of hydrogen-bond donors (Lipinski definition) is 5. The van der Waals surface area contributed by atoms with E-state index < -0.39 is 70.6 Å². The molecule has 3 aromatic carbocycles. The van der Waals surface area contributed by atoms with E-state index in [9.17, 15) is 44.7 Å². The molecule has 14 heteroatoms. The van der Waals surface area contributed by atoms with Crippen LogP contribution in [0.1, 0.15) is 48.4 Å². The Morgan fingerprint density at radius 1 is 0.714 bits per heavy atom. The number of esters is 4. The summed E-state index contributed by atoms with van der Waals surface area (Å²) in [6.45, 7) is 3.15. The van der Waals surface area contributed by atoms with Gasteiger partial charge in [0.05, 0.1) is 5.56 Å². The zero-order valence-corrected chi connectivity index (χ0v) is 22.2. The maximum atomic E-state index is 13.4. The first-order valence-electron chi connectivity index (χ1n) is 12.1. The van der Waals surface area contributed by atoms with Crippen molar-refractivity contribution in [3.05, 3.63) is 53.1 Å². The molecular weight excluding hydrogens is 560 g/mol. The highest BCUT2D eigenvalue weighted by Gasteiger charge is 2.38. The third kappa shape index (κ3) is 6.22. The van der Waals surface area contributed by atoms with Gasteiger partial charge in [-0.15, -0.1) is 0 Å². The lowest BCUT2D eigenvalue weighted by atomic mass is 9.93. The summed E-state index contributed by atoms with van der Waals surface area (Å²) >= 11 is 0. The van der Waals surface area contributed by atoms with Crippen molar-refractivity contribution in [2.45, 2.75) is 39.4 Å². The van der Waals surface area contributed by atoms with Gasteiger partial charge in [0, 0.05) is 50.5 Å². The van der Waals surface area contributed by atoms with E-state index in [1.165, 1.54) is 6.07 Å². The lowest BCUT2D eigenvalue weighted by Gasteiger charge is -2.34. The maximum absolute atomic E-state index is 13.4. The molecule has 0 aromatic heterocycles. The Balaban J connectivity index is 1.78. The first-order chi connectivity index (χ1) is 19.7. The molecule has 2 atom stereocenters. The van der Waals surface area contributed by atoms with Gasteiger partial charge in [-0.25, -0.2) is 4.79 Å². The molecule has 0 radical (unpaired) electrons. The van der Waals surface area contributed by atoms with E-state index >= 15 is 0 Å². The number of rotatable bonds is 6. The van der Waals surface area contributed by atoms with Gasteiger partial charge in [-0.2, -0.15) is 0 Å². The van der Waals surface area contributed by atoms with Crippen LogP contribution in [0.15, 0.2) is 36.4 Å². The van der Waals surface area contributed by atoms with Gasteiger partial charge in [-0.1, -0.05) is 0 Å². The minimum atomic E-state index is -1.28. The molecule has 0 amide bonds. The first kappa shape index (κ1) is 29.3. The summed E-state index contributed by atoms with van der Waals surface area (Å²) in [7, 11) is 0. The normalized spacial score (nSPS) is 15.5. The fourth-order valence-corrected chi connectivity index (χ4v) is 4.22. The molecule has 1 aliphatic rings. The molecule has 5 N–H and O–H groups in total. The van der Waals surface area contributed by atoms with Crippen molar-refractivity contribution in [3.8, 4) is 51.7 Å². The minimum Gasteiger partial charge on any atom is -0.508 e. The van der Waals surface area contributed by atoms with Crippen LogP contribution in [0.25, 0.3) is 0 Å². The third-order valence-electron chi connectivity index (χ3n) is 5.87. The Morgan fingerprint density at radius 2 is 1.26 bits per heavy atom. The second-order valence-electron chi connectivity index (χ2n) is 9.12. The van der Waals surface area contributed by atoms with Gasteiger partial charge >= 0.3 is 23.9 Å². The van der Waals surface area contributed by atoms with Crippen LogP contribution in [0.4, 0.5) is 0 Å². The highest BCUT2D eigenvalue weighted by atomic mass is 16.6. The largest absolute Gasteiger partial charge is 0.508 e. The van der Waals surface area contributed by atoms with Crippen molar-refractivity contribution < 1.29 is 68.4 Å². The molecule has 0 fully saturated rings. The van der Waals surface area contributed by atoms with E-state index in [-0.39, 0.29) is 40.4 Å². The van der Waals surface area contributed by atoms with Crippen LogP contribution in [-0.4, -0.2) is 55.5 Å². The van der Waals surface area contributed by atoms with Crippen molar-refractivity contribution >= 4 is 23.9 Å². The molecule has 4 rings (SSSR count). The molecule has 3 aromatic rings. The van der Waals surface area contributed by atoms with Crippen molar-refractivity contribution in [1.82, 2.24) is 0 Å². The number of hydrogen-bond acceptors (Lipinski definition) is 14. The Kier molecular flexibility index (Phi) is 7.99. The maximum Gasteiger partial charge on any atom is 0.338 e. The molecule has 0 saturated heterocycles. The molecule has 0 bridgehead atoms. The average Bonchev–Trinajstić information content (AvgIpc) is 2.88. The Morgan fingerprint density at radius 3 is 1.81 bits per heavy atom. The molecular formula is C28H24O14. The zero-order valence-electron chi connectivity index (χ0n) is 22.2. The highest BCUT2D eigenvalue weighted by molar-refractivity contribution is 5.92. The average molecular weight is 584 g/mol. The number of carbonyl (C=O) groups is 4. The van der Waals surface area contributed by atoms with E-state index in [1.807, 2.05) is 0 Å². The monoisotopic (exact) mass is 584 g/mol. The molecule has 42 heavy (non-hydrogen) atoms. The molecule has 14 nitrogen and oxygen atoms in total. The van der Waals surface area contributed by atoms with Crippen LogP contribution in [0.5, 0.6) is 51.7 Å². The number of carbonyl (C=O) groups excluding carboxylic acids is 4.